The van der Waals surface area contributed by atoms with Gasteiger partial charge in [-0.05, 0) is 49.2 Å². The maximum Gasteiger partial charge on any atom is 0.210 e. The number of hydrogen-bond donors (Lipinski definition) is 1. The topological polar surface area (TPSA) is 75.5 Å². The van der Waals surface area contributed by atoms with Crippen molar-refractivity contribution in [1.82, 2.24) is 9.88 Å². The summed E-state index contributed by atoms with van der Waals surface area (Å²) in [6.07, 6.45) is 1.52. The molecule has 0 saturated heterocycles. The Hall–Kier alpha value is -3.09. The number of H-pyrrole nitrogens is 1. The summed E-state index contributed by atoms with van der Waals surface area (Å²) in [4.78, 5) is 29.4. The summed E-state index contributed by atoms with van der Waals surface area (Å²) in [5, 5.41) is 2.23. The van der Waals surface area contributed by atoms with E-state index in [9.17, 15) is 9.59 Å². The molecule has 31 heavy (non-hydrogen) atoms. The molecule has 4 aromatic rings. The lowest BCUT2D eigenvalue weighted by atomic mass is 9.96. The first-order chi connectivity index (χ1) is 15.1. The van der Waals surface area contributed by atoms with Crippen molar-refractivity contribution in [2.75, 3.05) is 20.3 Å². The van der Waals surface area contributed by atoms with Crippen LogP contribution in [0, 0.1) is 0 Å². The van der Waals surface area contributed by atoms with E-state index >= 15 is 0 Å². The molecule has 5 rings (SSSR count). The van der Waals surface area contributed by atoms with Crippen molar-refractivity contribution in [3.8, 4) is 0 Å². The molecule has 7 heteroatoms. The predicted octanol–water partition coefficient (Wildman–Crippen LogP) is 4.68. The number of amides is 1. The van der Waals surface area contributed by atoms with Gasteiger partial charge < -0.3 is 19.0 Å². The largest absolute Gasteiger partial charge is 0.458 e. The second-order valence-corrected chi connectivity index (χ2v) is 7.73. The number of aromatic amines is 1. The molecule has 0 spiro atoms. The smallest absolute Gasteiger partial charge is 0.210 e. The van der Waals surface area contributed by atoms with E-state index in [4.69, 9.17) is 16.0 Å². The first-order valence-electron chi connectivity index (χ1n) is 10.1. The number of rotatable bonds is 3. The summed E-state index contributed by atoms with van der Waals surface area (Å²) in [6, 6.07) is 13.8. The van der Waals surface area contributed by atoms with Crippen LogP contribution in [-0.4, -0.2) is 36.6 Å². The standard InChI is InChI=1S/C21H15ClN2O3.C3H8O/c22-12-5-6-16-15(9-12)13-7-8-24(11-25)21(20(13)23-16)19-10-17(26)14-3-1-2-4-18(14)27-19;1-3-4-2/h1-6,9-11,21,23H,7-8H2;3H2,1-2H3. The molecule has 1 unspecified atom stereocenters. The molecular weight excluding hydrogens is 416 g/mol. The van der Waals surface area contributed by atoms with E-state index in [-0.39, 0.29) is 5.43 Å². The number of hydrogen-bond acceptors (Lipinski definition) is 4. The van der Waals surface area contributed by atoms with E-state index < -0.39 is 6.04 Å². The van der Waals surface area contributed by atoms with Gasteiger partial charge in [0, 0.05) is 42.3 Å². The van der Waals surface area contributed by atoms with Gasteiger partial charge in [-0.1, -0.05) is 23.7 Å². The number of nitrogens with zero attached hydrogens (tertiary/aromatic N) is 1. The number of carbonyl (C=O) groups excluding carboxylic acids is 1. The number of halogens is 1. The van der Waals surface area contributed by atoms with Crippen molar-refractivity contribution in [3.05, 3.63) is 80.8 Å². The van der Waals surface area contributed by atoms with Gasteiger partial charge in [-0.25, -0.2) is 0 Å². The van der Waals surface area contributed by atoms with Gasteiger partial charge >= 0.3 is 0 Å². The highest BCUT2D eigenvalue weighted by Gasteiger charge is 2.33. The zero-order valence-corrected chi connectivity index (χ0v) is 18.1. The molecule has 1 aliphatic heterocycles. The normalized spacial score (nSPS) is 15.5. The van der Waals surface area contributed by atoms with Crippen molar-refractivity contribution >= 4 is 39.9 Å². The highest BCUT2D eigenvalue weighted by atomic mass is 35.5. The molecule has 0 radical (unpaired) electrons. The average molecular weight is 439 g/mol. The lowest BCUT2D eigenvalue weighted by Gasteiger charge is -2.32. The van der Waals surface area contributed by atoms with E-state index in [1.807, 2.05) is 31.2 Å². The summed E-state index contributed by atoms with van der Waals surface area (Å²) in [6.45, 7) is 3.32. The van der Waals surface area contributed by atoms with Crippen LogP contribution in [0.1, 0.15) is 30.0 Å². The molecule has 1 aliphatic rings. The number of methoxy groups -OCH3 is 1. The Labute approximate surface area is 184 Å². The minimum absolute atomic E-state index is 0.121. The highest BCUT2D eigenvalue weighted by Crippen LogP contribution is 2.38. The number of carbonyl (C=O) groups is 1. The van der Waals surface area contributed by atoms with Crippen LogP contribution in [0.25, 0.3) is 21.9 Å². The van der Waals surface area contributed by atoms with Gasteiger partial charge in [0.15, 0.2) is 5.43 Å². The van der Waals surface area contributed by atoms with Crippen molar-refractivity contribution in [2.24, 2.45) is 0 Å². The van der Waals surface area contributed by atoms with E-state index in [1.54, 1.807) is 30.2 Å². The first-order valence-corrected chi connectivity index (χ1v) is 10.5. The van der Waals surface area contributed by atoms with Gasteiger partial charge in [-0.15, -0.1) is 0 Å². The highest BCUT2D eigenvalue weighted by molar-refractivity contribution is 6.31. The minimum Gasteiger partial charge on any atom is -0.458 e. The molecule has 1 amide bonds. The molecule has 3 heterocycles. The summed E-state index contributed by atoms with van der Waals surface area (Å²) in [5.74, 6) is 0.449. The molecule has 2 aromatic carbocycles. The zero-order chi connectivity index (χ0) is 22.0. The van der Waals surface area contributed by atoms with Crippen LogP contribution in [0.4, 0.5) is 0 Å². The summed E-state index contributed by atoms with van der Waals surface area (Å²) in [5.41, 5.74) is 3.31. The molecule has 0 saturated carbocycles. The van der Waals surface area contributed by atoms with Gasteiger partial charge in [0.2, 0.25) is 6.41 Å². The van der Waals surface area contributed by atoms with Crippen molar-refractivity contribution in [3.63, 3.8) is 0 Å². The Bertz CT molecular complexity index is 1290. The fourth-order valence-electron chi connectivity index (χ4n) is 3.96. The third kappa shape index (κ3) is 3.96. The second-order valence-electron chi connectivity index (χ2n) is 7.29. The molecule has 6 nitrogen and oxygen atoms in total. The van der Waals surface area contributed by atoms with Gasteiger partial charge in [0.25, 0.3) is 0 Å². The molecular formula is C24H23ClN2O4. The Morgan fingerprint density at radius 3 is 2.74 bits per heavy atom. The molecule has 0 aliphatic carbocycles. The summed E-state index contributed by atoms with van der Waals surface area (Å²) < 4.78 is 10.6. The summed E-state index contributed by atoms with van der Waals surface area (Å²) in [7, 11) is 1.68. The average Bonchev–Trinajstić information content (AvgIpc) is 3.16. The number of para-hydroxylation sites is 1. The van der Waals surface area contributed by atoms with Gasteiger partial charge in [0.05, 0.1) is 11.1 Å². The fourth-order valence-corrected chi connectivity index (χ4v) is 4.13. The Kier molecular flexibility index (Phi) is 6.11. The van der Waals surface area contributed by atoms with Crippen LogP contribution < -0.4 is 5.43 Å². The number of nitrogens with one attached hydrogen (secondary N) is 1. The maximum atomic E-state index is 12.6. The van der Waals surface area contributed by atoms with Crippen LogP contribution >= 0.6 is 11.6 Å². The van der Waals surface area contributed by atoms with Gasteiger partial charge in [-0.3, -0.25) is 9.59 Å². The molecule has 0 fully saturated rings. The summed E-state index contributed by atoms with van der Waals surface area (Å²) >= 11 is 6.17. The third-order valence-corrected chi connectivity index (χ3v) is 5.71. The van der Waals surface area contributed by atoms with Crippen molar-refractivity contribution in [2.45, 2.75) is 19.4 Å². The number of ether oxygens (including phenoxy) is 1. The molecule has 0 bridgehead atoms. The van der Waals surface area contributed by atoms with Crippen molar-refractivity contribution in [1.29, 1.82) is 0 Å². The Balaban J connectivity index is 0.000000535. The van der Waals surface area contributed by atoms with Crippen LogP contribution in [-0.2, 0) is 16.0 Å². The number of benzene rings is 2. The van der Waals surface area contributed by atoms with Gasteiger partial charge in [0.1, 0.15) is 17.4 Å². The SMILES string of the molecule is CCOC.O=CN1CCc2c([nH]c3ccc(Cl)cc23)C1c1cc(=O)c2ccccc2o1. The second kappa shape index (κ2) is 8.96. The minimum atomic E-state index is -0.477. The van der Waals surface area contributed by atoms with E-state index in [1.165, 1.54) is 6.07 Å². The maximum absolute atomic E-state index is 12.6. The lowest BCUT2D eigenvalue weighted by molar-refractivity contribution is -0.120. The van der Waals surface area contributed by atoms with Crippen LogP contribution in [0.3, 0.4) is 0 Å². The third-order valence-electron chi connectivity index (χ3n) is 5.47. The molecule has 2 aromatic heterocycles. The zero-order valence-electron chi connectivity index (χ0n) is 17.4. The van der Waals surface area contributed by atoms with Crippen LogP contribution in [0.2, 0.25) is 5.02 Å². The monoisotopic (exact) mass is 438 g/mol. The Morgan fingerprint density at radius 2 is 2.00 bits per heavy atom. The van der Waals surface area contributed by atoms with E-state index in [0.29, 0.717) is 34.7 Å². The number of aromatic nitrogens is 1. The molecule has 1 atom stereocenters. The Morgan fingerprint density at radius 1 is 1.23 bits per heavy atom. The predicted molar refractivity (Wildman–Crippen MR) is 122 cm³/mol. The molecule has 160 valence electrons. The lowest BCUT2D eigenvalue weighted by Crippen LogP contribution is -2.35. The van der Waals surface area contributed by atoms with E-state index in [0.717, 1.165) is 35.2 Å². The van der Waals surface area contributed by atoms with Gasteiger partial charge in [-0.2, -0.15) is 0 Å². The van der Waals surface area contributed by atoms with Crippen LogP contribution in [0.15, 0.2) is 57.7 Å². The number of fused-ring (bicyclic) bond motifs is 4. The van der Waals surface area contributed by atoms with Crippen molar-refractivity contribution < 1.29 is 13.9 Å². The molecule has 1 N–H and O–H groups in total. The van der Waals surface area contributed by atoms with Crippen LogP contribution in [0.5, 0.6) is 0 Å². The first kappa shape index (κ1) is 21.2. The quantitative estimate of drug-likeness (QED) is 0.471. The van der Waals surface area contributed by atoms with E-state index in [2.05, 4.69) is 9.72 Å². The fraction of sp³-hybridized carbons (Fsp3) is 0.250.